The van der Waals surface area contributed by atoms with Gasteiger partial charge in [-0.25, -0.2) is 0 Å². The molecule has 0 aromatic heterocycles. The van der Waals surface area contributed by atoms with Gasteiger partial charge in [-0.15, -0.1) is 0 Å². The number of benzene rings is 2. The van der Waals surface area contributed by atoms with Crippen LogP contribution in [0.4, 0.5) is 5.69 Å². The van der Waals surface area contributed by atoms with Gasteiger partial charge in [0.15, 0.2) is 0 Å². The van der Waals surface area contributed by atoms with E-state index in [9.17, 15) is 0 Å². The highest BCUT2D eigenvalue weighted by atomic mass is 15.2. The molecule has 0 bridgehead atoms. The molecule has 0 spiro atoms. The second kappa shape index (κ2) is 5.22. The van der Waals surface area contributed by atoms with Crippen molar-refractivity contribution < 1.29 is 0 Å². The average Bonchev–Trinajstić information content (AvgIpc) is 2.37. The van der Waals surface area contributed by atoms with Crippen molar-refractivity contribution in [3.63, 3.8) is 0 Å². The van der Waals surface area contributed by atoms with E-state index in [0.29, 0.717) is 0 Å². The minimum Gasteiger partial charge on any atom is -0.368 e. The van der Waals surface area contributed by atoms with Crippen molar-refractivity contribution in [3.8, 4) is 0 Å². The Morgan fingerprint density at radius 1 is 1.05 bits per heavy atom. The van der Waals surface area contributed by atoms with Crippen molar-refractivity contribution in [1.29, 1.82) is 0 Å². The monoisotopic (exact) mass is 256 g/mol. The number of likely N-dealkylation sites (N-methyl/N-ethyl adjacent to an activating group) is 2. The Kier molecular flexibility index (Phi) is 3.81. The second-order valence-corrected chi connectivity index (χ2v) is 5.94. The van der Waals surface area contributed by atoms with E-state index in [2.05, 4.69) is 74.4 Å². The molecule has 0 atom stereocenters. The summed E-state index contributed by atoms with van der Waals surface area (Å²) in [5, 5.41) is 5.87. The van der Waals surface area contributed by atoms with Crippen molar-refractivity contribution in [2.75, 3.05) is 25.5 Å². The van der Waals surface area contributed by atoms with Crippen molar-refractivity contribution in [1.82, 2.24) is 5.32 Å². The van der Waals surface area contributed by atoms with E-state index in [1.165, 1.54) is 22.0 Å². The van der Waals surface area contributed by atoms with E-state index in [1.54, 1.807) is 0 Å². The van der Waals surface area contributed by atoms with Gasteiger partial charge >= 0.3 is 0 Å². The van der Waals surface area contributed by atoms with Crippen LogP contribution in [0.1, 0.15) is 19.4 Å². The molecule has 19 heavy (non-hydrogen) atoms. The maximum Gasteiger partial charge on any atom is 0.0466 e. The normalized spacial score (nSPS) is 11.8. The summed E-state index contributed by atoms with van der Waals surface area (Å²) in [4.78, 5) is 2.34. The van der Waals surface area contributed by atoms with Crippen LogP contribution in [0, 0.1) is 6.92 Å². The number of fused-ring (bicyclic) bond motifs is 1. The zero-order chi connectivity index (χ0) is 14.0. The Morgan fingerprint density at radius 3 is 2.37 bits per heavy atom. The molecule has 0 aliphatic rings. The van der Waals surface area contributed by atoms with Crippen molar-refractivity contribution in [3.05, 3.63) is 42.0 Å². The Labute approximate surface area is 116 Å². The first-order chi connectivity index (χ1) is 8.94. The molecule has 0 unspecified atom stereocenters. The SMILES string of the molecule is CNCC(C)(C)N(C)c1ccc2cc(C)ccc2c1. The van der Waals surface area contributed by atoms with E-state index in [1.807, 2.05) is 7.05 Å². The average molecular weight is 256 g/mol. The zero-order valence-corrected chi connectivity index (χ0v) is 12.6. The minimum absolute atomic E-state index is 0.0904. The van der Waals surface area contributed by atoms with Crippen LogP contribution in [0.5, 0.6) is 0 Å². The highest BCUT2D eigenvalue weighted by molar-refractivity contribution is 5.86. The minimum atomic E-state index is 0.0904. The standard InChI is InChI=1S/C17H24N2/c1-13-6-7-15-11-16(9-8-14(15)10-13)19(5)17(2,3)12-18-4/h6-11,18H,12H2,1-5H3. The maximum absolute atomic E-state index is 3.26. The third-order valence-electron chi connectivity index (χ3n) is 3.88. The van der Waals surface area contributed by atoms with E-state index in [4.69, 9.17) is 0 Å². The summed E-state index contributed by atoms with van der Waals surface area (Å²) in [6.07, 6.45) is 0. The van der Waals surface area contributed by atoms with Crippen molar-refractivity contribution >= 4 is 16.5 Å². The molecule has 2 nitrogen and oxygen atoms in total. The molecule has 0 saturated carbocycles. The number of rotatable bonds is 4. The summed E-state index contributed by atoms with van der Waals surface area (Å²) < 4.78 is 0. The van der Waals surface area contributed by atoms with E-state index < -0.39 is 0 Å². The van der Waals surface area contributed by atoms with Gasteiger partial charge in [-0.05, 0) is 50.7 Å². The molecule has 2 rings (SSSR count). The number of nitrogens with zero attached hydrogens (tertiary/aromatic N) is 1. The summed E-state index contributed by atoms with van der Waals surface area (Å²) in [5.74, 6) is 0. The number of anilines is 1. The molecule has 0 saturated heterocycles. The Balaban J connectivity index is 2.38. The van der Waals surface area contributed by atoms with Gasteiger partial charge in [-0.1, -0.05) is 29.8 Å². The molecule has 2 heteroatoms. The van der Waals surface area contributed by atoms with Gasteiger partial charge in [-0.2, -0.15) is 0 Å². The zero-order valence-electron chi connectivity index (χ0n) is 12.6. The van der Waals surface area contributed by atoms with Gasteiger partial charge in [0.1, 0.15) is 0 Å². The summed E-state index contributed by atoms with van der Waals surface area (Å²) in [6, 6.07) is 13.3. The van der Waals surface area contributed by atoms with Crippen molar-refractivity contribution in [2.45, 2.75) is 26.3 Å². The molecule has 0 aliphatic carbocycles. The fraction of sp³-hybridized carbons (Fsp3) is 0.412. The summed E-state index contributed by atoms with van der Waals surface area (Å²) in [6.45, 7) is 7.59. The van der Waals surface area contributed by atoms with Crippen LogP contribution in [0.15, 0.2) is 36.4 Å². The highest BCUT2D eigenvalue weighted by Gasteiger charge is 2.22. The maximum atomic E-state index is 3.26. The summed E-state index contributed by atoms with van der Waals surface area (Å²) >= 11 is 0. The van der Waals surface area contributed by atoms with Gasteiger partial charge in [0, 0.05) is 24.8 Å². The predicted octanol–water partition coefficient (Wildman–Crippen LogP) is 3.58. The fourth-order valence-electron chi connectivity index (χ4n) is 2.46. The first-order valence-electron chi connectivity index (χ1n) is 6.83. The Morgan fingerprint density at radius 2 is 1.68 bits per heavy atom. The molecule has 2 aromatic carbocycles. The van der Waals surface area contributed by atoms with Gasteiger partial charge in [0.05, 0.1) is 0 Å². The molecule has 0 fully saturated rings. The Hall–Kier alpha value is -1.54. The molecule has 2 aromatic rings. The van der Waals surface area contributed by atoms with E-state index in [-0.39, 0.29) is 5.54 Å². The second-order valence-electron chi connectivity index (χ2n) is 5.94. The fourth-order valence-corrected chi connectivity index (χ4v) is 2.46. The lowest BCUT2D eigenvalue weighted by molar-refractivity contribution is 0.463. The van der Waals surface area contributed by atoms with Crippen LogP contribution < -0.4 is 10.2 Å². The lowest BCUT2D eigenvalue weighted by atomic mass is 10.0. The molecule has 0 aliphatic heterocycles. The van der Waals surface area contributed by atoms with Gasteiger partial charge in [-0.3, -0.25) is 0 Å². The van der Waals surface area contributed by atoms with E-state index in [0.717, 1.165) is 6.54 Å². The van der Waals surface area contributed by atoms with Gasteiger partial charge in [0.25, 0.3) is 0 Å². The highest BCUT2D eigenvalue weighted by Crippen LogP contribution is 2.26. The Bertz CT molecular complexity index is 572. The third kappa shape index (κ3) is 2.90. The molecule has 0 radical (unpaired) electrons. The topological polar surface area (TPSA) is 15.3 Å². The third-order valence-corrected chi connectivity index (χ3v) is 3.88. The summed E-state index contributed by atoms with van der Waals surface area (Å²) in [7, 11) is 4.16. The van der Waals surface area contributed by atoms with Crippen LogP contribution in [0.25, 0.3) is 10.8 Å². The van der Waals surface area contributed by atoms with Crippen molar-refractivity contribution in [2.24, 2.45) is 0 Å². The molecule has 1 N–H and O–H groups in total. The summed E-state index contributed by atoms with van der Waals surface area (Å²) in [5.41, 5.74) is 2.66. The molecular formula is C17H24N2. The van der Waals surface area contributed by atoms with Crippen LogP contribution >= 0.6 is 0 Å². The first-order valence-corrected chi connectivity index (χ1v) is 6.83. The number of aryl methyl sites for hydroxylation is 1. The number of nitrogens with one attached hydrogen (secondary N) is 1. The lowest BCUT2D eigenvalue weighted by Crippen LogP contribution is -2.48. The quantitative estimate of drug-likeness (QED) is 0.899. The number of hydrogen-bond acceptors (Lipinski definition) is 2. The predicted molar refractivity (Wildman–Crippen MR) is 85.1 cm³/mol. The van der Waals surface area contributed by atoms with Crippen LogP contribution in [0.2, 0.25) is 0 Å². The van der Waals surface area contributed by atoms with Gasteiger partial charge < -0.3 is 10.2 Å². The largest absolute Gasteiger partial charge is 0.368 e. The smallest absolute Gasteiger partial charge is 0.0466 e. The first kappa shape index (κ1) is 13.9. The van der Waals surface area contributed by atoms with Crippen LogP contribution in [0.3, 0.4) is 0 Å². The molecule has 0 amide bonds. The molecule has 0 heterocycles. The number of hydrogen-bond donors (Lipinski definition) is 1. The van der Waals surface area contributed by atoms with Crippen LogP contribution in [-0.2, 0) is 0 Å². The van der Waals surface area contributed by atoms with E-state index >= 15 is 0 Å². The lowest BCUT2D eigenvalue weighted by Gasteiger charge is -2.37. The van der Waals surface area contributed by atoms with Crippen LogP contribution in [-0.4, -0.2) is 26.2 Å². The molecule has 102 valence electrons. The molecular weight excluding hydrogens is 232 g/mol. The van der Waals surface area contributed by atoms with Gasteiger partial charge in [0.2, 0.25) is 0 Å².